The fourth-order valence-electron chi connectivity index (χ4n) is 2.60. The highest BCUT2D eigenvalue weighted by Crippen LogP contribution is 2.21. The lowest BCUT2D eigenvalue weighted by Gasteiger charge is -2.18. The van der Waals surface area contributed by atoms with Crippen LogP contribution in [0.3, 0.4) is 0 Å². The third-order valence-corrected chi connectivity index (χ3v) is 4.46. The Morgan fingerprint density at radius 2 is 1.28 bits per heavy atom. The Bertz CT molecular complexity index is 1010. The van der Waals surface area contributed by atoms with Gasteiger partial charge in [0.25, 0.3) is 11.8 Å². The van der Waals surface area contributed by atoms with Gasteiger partial charge in [0.1, 0.15) is 11.5 Å². The van der Waals surface area contributed by atoms with Crippen LogP contribution in [0.4, 0.5) is 0 Å². The molecule has 0 spiro atoms. The second-order valence-electron chi connectivity index (χ2n) is 6.46. The molecule has 0 saturated heterocycles. The van der Waals surface area contributed by atoms with Crippen LogP contribution < -0.4 is 20.3 Å². The van der Waals surface area contributed by atoms with Gasteiger partial charge in [0.15, 0.2) is 12.2 Å². The van der Waals surface area contributed by atoms with E-state index in [1.807, 2.05) is 36.4 Å². The average Bonchev–Trinajstić information content (AvgIpc) is 2.73. The minimum atomic E-state index is -0.812. The fourth-order valence-corrected chi connectivity index (χ4v) is 2.72. The number of hydrazine groups is 1. The highest BCUT2D eigenvalue weighted by molar-refractivity contribution is 6.30. The lowest BCUT2D eigenvalue weighted by atomic mass is 10.1. The predicted octanol–water partition coefficient (Wildman–Crippen LogP) is 3.88. The summed E-state index contributed by atoms with van der Waals surface area (Å²) >= 11 is 5.82. The average molecular weight is 413 g/mol. The van der Waals surface area contributed by atoms with E-state index in [4.69, 9.17) is 21.1 Å². The van der Waals surface area contributed by atoms with Crippen molar-refractivity contribution in [1.82, 2.24) is 10.9 Å². The summed E-state index contributed by atoms with van der Waals surface area (Å²) in [7, 11) is 0. The molecule has 3 aromatic carbocycles. The van der Waals surface area contributed by atoms with Crippen LogP contribution in [-0.4, -0.2) is 24.0 Å². The Kier molecular flexibility index (Phi) is 6.57. The second-order valence-corrected chi connectivity index (χ2v) is 6.90. The van der Waals surface area contributed by atoms with Gasteiger partial charge in [-0.05, 0) is 61.0 Å². The van der Waals surface area contributed by atoms with E-state index in [9.17, 15) is 9.59 Å². The van der Waals surface area contributed by atoms with Gasteiger partial charge in [-0.1, -0.05) is 41.9 Å². The molecule has 0 fully saturated rings. The third kappa shape index (κ3) is 5.62. The number of amides is 2. The van der Waals surface area contributed by atoms with Crippen molar-refractivity contribution < 1.29 is 19.1 Å². The van der Waals surface area contributed by atoms with Gasteiger partial charge in [-0.15, -0.1) is 0 Å². The molecular formula is C22H21ClN2O4. The van der Waals surface area contributed by atoms with Crippen molar-refractivity contribution in [3.05, 3.63) is 71.8 Å². The maximum atomic E-state index is 12.2. The van der Waals surface area contributed by atoms with E-state index in [0.717, 1.165) is 10.8 Å². The van der Waals surface area contributed by atoms with Gasteiger partial charge in [-0.25, -0.2) is 0 Å². The van der Waals surface area contributed by atoms with Crippen molar-refractivity contribution in [2.24, 2.45) is 0 Å². The van der Waals surface area contributed by atoms with E-state index in [1.165, 1.54) is 0 Å². The van der Waals surface area contributed by atoms with E-state index in [1.54, 1.807) is 44.2 Å². The summed E-state index contributed by atoms with van der Waals surface area (Å²) in [6.07, 6.45) is -1.61. The molecule has 2 atom stereocenters. The summed E-state index contributed by atoms with van der Waals surface area (Å²) in [4.78, 5) is 24.4. The Labute approximate surface area is 173 Å². The van der Waals surface area contributed by atoms with Gasteiger partial charge in [0.05, 0.1) is 0 Å². The van der Waals surface area contributed by atoms with Crippen LogP contribution in [0.1, 0.15) is 13.8 Å². The number of fused-ring (bicyclic) bond motifs is 1. The molecule has 150 valence electrons. The quantitative estimate of drug-likeness (QED) is 0.602. The zero-order chi connectivity index (χ0) is 20.8. The molecule has 2 amide bonds. The molecule has 3 rings (SSSR count). The largest absolute Gasteiger partial charge is 0.481 e. The molecule has 6 nitrogen and oxygen atoms in total. The smallest absolute Gasteiger partial charge is 0.279 e. The molecule has 0 heterocycles. The molecule has 0 aromatic heterocycles. The summed E-state index contributed by atoms with van der Waals surface area (Å²) < 4.78 is 11.2. The molecule has 0 aliphatic rings. The first-order valence-electron chi connectivity index (χ1n) is 9.10. The van der Waals surface area contributed by atoms with E-state index >= 15 is 0 Å². The van der Waals surface area contributed by atoms with Crippen LogP contribution in [0.5, 0.6) is 11.5 Å². The summed E-state index contributed by atoms with van der Waals surface area (Å²) in [6.45, 7) is 3.18. The molecule has 0 bridgehead atoms. The number of hydrogen-bond acceptors (Lipinski definition) is 4. The molecule has 0 aliphatic carbocycles. The summed E-state index contributed by atoms with van der Waals surface area (Å²) in [5.41, 5.74) is 4.69. The number of ether oxygens (including phenoxy) is 2. The molecular weight excluding hydrogens is 392 g/mol. The number of hydrogen-bond donors (Lipinski definition) is 2. The number of nitrogens with one attached hydrogen (secondary N) is 2. The second kappa shape index (κ2) is 9.30. The summed E-state index contributed by atoms with van der Waals surface area (Å²) in [6, 6.07) is 20.1. The third-order valence-electron chi connectivity index (χ3n) is 4.21. The molecule has 0 radical (unpaired) electrons. The van der Waals surface area contributed by atoms with E-state index in [2.05, 4.69) is 10.9 Å². The van der Waals surface area contributed by atoms with Crippen LogP contribution in [0.25, 0.3) is 10.8 Å². The summed E-state index contributed by atoms with van der Waals surface area (Å²) in [5, 5.41) is 2.67. The fraction of sp³-hybridized carbons (Fsp3) is 0.182. The van der Waals surface area contributed by atoms with Crippen molar-refractivity contribution in [2.75, 3.05) is 0 Å². The number of rotatable bonds is 6. The highest BCUT2D eigenvalue weighted by atomic mass is 35.5. The van der Waals surface area contributed by atoms with Gasteiger partial charge in [-0.3, -0.25) is 20.4 Å². The monoisotopic (exact) mass is 412 g/mol. The van der Waals surface area contributed by atoms with Crippen molar-refractivity contribution in [2.45, 2.75) is 26.1 Å². The first-order valence-corrected chi connectivity index (χ1v) is 9.47. The maximum absolute atomic E-state index is 12.2. The predicted molar refractivity (Wildman–Crippen MR) is 112 cm³/mol. The van der Waals surface area contributed by atoms with Crippen LogP contribution in [-0.2, 0) is 9.59 Å². The molecule has 7 heteroatoms. The normalized spacial score (nSPS) is 12.7. The molecule has 0 unspecified atom stereocenters. The molecule has 0 saturated carbocycles. The highest BCUT2D eigenvalue weighted by Gasteiger charge is 2.19. The Hall–Kier alpha value is -3.25. The van der Waals surface area contributed by atoms with Crippen LogP contribution in [0.2, 0.25) is 5.02 Å². The van der Waals surface area contributed by atoms with E-state index in [0.29, 0.717) is 16.5 Å². The molecule has 3 aromatic rings. The first kappa shape index (κ1) is 20.5. The van der Waals surface area contributed by atoms with Crippen LogP contribution in [0.15, 0.2) is 66.7 Å². The van der Waals surface area contributed by atoms with Gasteiger partial charge >= 0.3 is 0 Å². The molecule has 2 N–H and O–H groups in total. The Morgan fingerprint density at radius 3 is 1.90 bits per heavy atom. The van der Waals surface area contributed by atoms with Crippen molar-refractivity contribution >= 4 is 34.2 Å². The minimum absolute atomic E-state index is 0.481. The zero-order valence-corrected chi connectivity index (χ0v) is 16.8. The van der Waals surface area contributed by atoms with E-state index in [-0.39, 0.29) is 0 Å². The van der Waals surface area contributed by atoms with Crippen molar-refractivity contribution in [3.63, 3.8) is 0 Å². The number of halogens is 1. The maximum Gasteiger partial charge on any atom is 0.279 e. The lowest BCUT2D eigenvalue weighted by molar-refractivity contribution is -0.135. The zero-order valence-electron chi connectivity index (χ0n) is 16.0. The van der Waals surface area contributed by atoms with Crippen LogP contribution >= 0.6 is 11.6 Å². The topological polar surface area (TPSA) is 76.7 Å². The van der Waals surface area contributed by atoms with Crippen molar-refractivity contribution in [3.8, 4) is 11.5 Å². The van der Waals surface area contributed by atoms with Gasteiger partial charge in [0, 0.05) is 5.02 Å². The SMILES string of the molecule is C[C@H](Oc1ccc(Cl)cc1)C(=O)NNC(=O)[C@H](C)Oc1ccc2ccccc2c1. The molecule has 0 aliphatic heterocycles. The lowest BCUT2D eigenvalue weighted by Crippen LogP contribution is -2.50. The minimum Gasteiger partial charge on any atom is -0.481 e. The number of carbonyl (C=O) groups excluding carboxylic acids is 2. The Morgan fingerprint density at radius 1 is 0.759 bits per heavy atom. The number of benzene rings is 3. The van der Waals surface area contributed by atoms with Crippen molar-refractivity contribution in [1.29, 1.82) is 0 Å². The summed E-state index contributed by atoms with van der Waals surface area (Å²) in [5.74, 6) is 0.0879. The van der Waals surface area contributed by atoms with Gasteiger partial charge in [0.2, 0.25) is 0 Å². The van der Waals surface area contributed by atoms with Crippen LogP contribution in [0, 0.1) is 0 Å². The van der Waals surface area contributed by atoms with E-state index < -0.39 is 24.0 Å². The molecule has 29 heavy (non-hydrogen) atoms. The number of carbonyl (C=O) groups is 2. The Balaban J connectivity index is 1.49. The van der Waals surface area contributed by atoms with Gasteiger partial charge < -0.3 is 9.47 Å². The van der Waals surface area contributed by atoms with Gasteiger partial charge in [-0.2, -0.15) is 0 Å². The first-order chi connectivity index (χ1) is 13.9. The standard InChI is InChI=1S/C22H21ClN2O4/c1-14(28-19-11-8-18(23)9-12-19)21(26)24-25-22(27)15(2)29-20-10-7-16-5-3-4-6-17(16)13-20/h3-15H,1-2H3,(H,24,26)(H,25,27)/t14-,15-/m0/s1.